The van der Waals surface area contributed by atoms with Crippen LogP contribution >= 0.6 is 0 Å². The Morgan fingerprint density at radius 3 is 1.69 bits per heavy atom. The maximum absolute atomic E-state index is 13.5. The summed E-state index contributed by atoms with van der Waals surface area (Å²) in [5.41, 5.74) is 2.43. The SMILES string of the molecule is C=CCN1C(C)(C)CC(OC(=O)CCC(C)(c2ccc(O)c(C(C)(C)C)c2)c2ccc(O)c(C(C)(C)C)c2)CC1(C)C. The standard InChI is InChI=1S/C37H55NO4/c1-13-20-38-35(8,9)23-27(24-36(38,10)11)42-32(41)18-19-37(12,25-14-16-30(39)28(21-25)33(2,3)4)26-15-17-31(40)29(22-26)34(5,6)7/h13-17,21-22,27,39-40H,1,18-20,23-24H2,2-12H3. The molecule has 2 aromatic carbocycles. The van der Waals surface area contributed by atoms with Crippen LogP contribution in [-0.2, 0) is 25.8 Å². The summed E-state index contributed by atoms with van der Waals surface area (Å²) in [7, 11) is 0. The van der Waals surface area contributed by atoms with E-state index >= 15 is 0 Å². The van der Waals surface area contributed by atoms with Crippen LogP contribution in [-0.4, -0.2) is 44.8 Å². The molecule has 1 fully saturated rings. The van der Waals surface area contributed by atoms with E-state index in [4.69, 9.17) is 4.74 Å². The molecule has 42 heavy (non-hydrogen) atoms. The zero-order valence-electron chi connectivity index (χ0n) is 28.0. The molecular formula is C37H55NO4. The number of hydrogen-bond acceptors (Lipinski definition) is 5. The highest BCUT2D eigenvalue weighted by Gasteiger charge is 2.46. The molecule has 0 radical (unpaired) electrons. The second kappa shape index (κ2) is 11.7. The number of phenols is 2. The topological polar surface area (TPSA) is 70.0 Å². The first-order chi connectivity index (χ1) is 19.1. The summed E-state index contributed by atoms with van der Waals surface area (Å²) < 4.78 is 6.18. The van der Waals surface area contributed by atoms with Crippen LogP contribution in [0.2, 0.25) is 0 Å². The molecule has 0 atom stereocenters. The van der Waals surface area contributed by atoms with Crippen molar-refractivity contribution in [3.05, 3.63) is 71.3 Å². The Morgan fingerprint density at radius 2 is 1.31 bits per heavy atom. The molecule has 1 aliphatic heterocycles. The van der Waals surface area contributed by atoms with Gasteiger partial charge in [0.1, 0.15) is 17.6 Å². The van der Waals surface area contributed by atoms with E-state index in [2.05, 4.69) is 99.8 Å². The number of ether oxygens (including phenoxy) is 1. The number of carbonyl (C=O) groups excluding carboxylic acids is 1. The first-order valence-corrected chi connectivity index (χ1v) is 15.4. The lowest BCUT2D eigenvalue weighted by atomic mass is 9.70. The number of nitrogens with zero attached hydrogens (tertiary/aromatic N) is 1. The number of phenolic OH excluding ortho intramolecular Hbond substituents is 2. The summed E-state index contributed by atoms with van der Waals surface area (Å²) in [6.07, 6.45) is 4.11. The van der Waals surface area contributed by atoms with Crippen LogP contribution in [0.5, 0.6) is 11.5 Å². The molecule has 3 rings (SSSR count). The van der Waals surface area contributed by atoms with Crippen molar-refractivity contribution in [1.82, 2.24) is 4.90 Å². The lowest BCUT2D eigenvalue weighted by Gasteiger charge is -2.54. The minimum atomic E-state index is -0.563. The maximum atomic E-state index is 13.5. The average molecular weight is 578 g/mol. The first-order valence-electron chi connectivity index (χ1n) is 15.4. The van der Waals surface area contributed by atoms with E-state index in [-0.39, 0.29) is 51.9 Å². The highest BCUT2D eigenvalue weighted by atomic mass is 16.5. The van der Waals surface area contributed by atoms with Gasteiger partial charge >= 0.3 is 5.97 Å². The molecule has 0 amide bonds. The van der Waals surface area contributed by atoms with E-state index in [0.717, 1.165) is 41.6 Å². The first kappa shape index (κ1) is 33.7. The molecule has 5 nitrogen and oxygen atoms in total. The van der Waals surface area contributed by atoms with Crippen molar-refractivity contribution in [1.29, 1.82) is 0 Å². The number of carbonyl (C=O) groups is 1. The van der Waals surface area contributed by atoms with Gasteiger partial charge in [0.25, 0.3) is 0 Å². The number of likely N-dealkylation sites (tertiary alicyclic amines) is 1. The Morgan fingerprint density at radius 1 is 0.881 bits per heavy atom. The lowest BCUT2D eigenvalue weighted by molar-refractivity contribution is -0.160. The fourth-order valence-electron chi connectivity index (χ4n) is 6.95. The molecule has 0 aromatic heterocycles. The monoisotopic (exact) mass is 577 g/mol. The van der Waals surface area contributed by atoms with Crippen molar-refractivity contribution in [3.8, 4) is 11.5 Å². The Labute approximate surface area is 255 Å². The van der Waals surface area contributed by atoms with Crippen LogP contribution in [0.1, 0.15) is 124 Å². The summed E-state index contributed by atoms with van der Waals surface area (Å²) in [4.78, 5) is 15.9. The van der Waals surface area contributed by atoms with Gasteiger partial charge in [-0.1, -0.05) is 78.8 Å². The molecule has 0 unspecified atom stereocenters. The van der Waals surface area contributed by atoms with Crippen LogP contribution in [0, 0.1) is 0 Å². The van der Waals surface area contributed by atoms with E-state index in [9.17, 15) is 15.0 Å². The highest BCUT2D eigenvalue weighted by Crippen LogP contribution is 2.44. The molecule has 1 heterocycles. The molecule has 2 aromatic rings. The molecule has 0 spiro atoms. The molecule has 1 saturated heterocycles. The van der Waals surface area contributed by atoms with Gasteiger partial charge in [0.05, 0.1) is 0 Å². The third-order valence-electron chi connectivity index (χ3n) is 9.24. The second-order valence-electron chi connectivity index (χ2n) is 15.8. The van der Waals surface area contributed by atoms with Crippen molar-refractivity contribution in [2.45, 2.75) is 135 Å². The van der Waals surface area contributed by atoms with Gasteiger partial charge in [0.15, 0.2) is 0 Å². The minimum absolute atomic E-state index is 0.125. The number of esters is 1. The van der Waals surface area contributed by atoms with Crippen LogP contribution in [0.4, 0.5) is 0 Å². The van der Waals surface area contributed by atoms with Gasteiger partial charge in [-0.3, -0.25) is 9.69 Å². The van der Waals surface area contributed by atoms with Crippen molar-refractivity contribution < 1.29 is 19.7 Å². The molecule has 0 bridgehead atoms. The Hall–Kier alpha value is -2.79. The lowest BCUT2D eigenvalue weighted by Crippen LogP contribution is -2.62. The van der Waals surface area contributed by atoms with Gasteiger partial charge in [-0.2, -0.15) is 0 Å². The van der Waals surface area contributed by atoms with Crippen LogP contribution in [0.3, 0.4) is 0 Å². The molecule has 0 aliphatic carbocycles. The largest absolute Gasteiger partial charge is 0.508 e. The Kier molecular flexibility index (Phi) is 9.40. The van der Waals surface area contributed by atoms with Gasteiger partial charge < -0.3 is 14.9 Å². The third-order valence-corrected chi connectivity index (χ3v) is 9.24. The summed E-state index contributed by atoms with van der Waals surface area (Å²) in [6.45, 7) is 28.3. The number of benzene rings is 2. The quantitative estimate of drug-likeness (QED) is 0.243. The zero-order chi connectivity index (χ0) is 31.9. The summed E-state index contributed by atoms with van der Waals surface area (Å²) in [5.74, 6) is 0.337. The third kappa shape index (κ3) is 7.22. The maximum Gasteiger partial charge on any atom is 0.306 e. The van der Waals surface area contributed by atoms with E-state index in [1.54, 1.807) is 12.1 Å². The molecule has 232 valence electrons. The second-order valence-corrected chi connectivity index (χ2v) is 15.8. The minimum Gasteiger partial charge on any atom is -0.508 e. The predicted octanol–water partition coefficient (Wildman–Crippen LogP) is 8.53. The number of rotatable bonds is 8. The van der Waals surface area contributed by atoms with E-state index in [1.807, 2.05) is 18.2 Å². The molecule has 1 aliphatic rings. The summed E-state index contributed by atoms with van der Waals surface area (Å²) >= 11 is 0. The zero-order valence-corrected chi connectivity index (χ0v) is 28.0. The van der Waals surface area contributed by atoms with Crippen LogP contribution in [0.15, 0.2) is 49.1 Å². The average Bonchev–Trinajstić information content (AvgIpc) is 2.83. The number of piperidine rings is 1. The Balaban J connectivity index is 1.96. The summed E-state index contributed by atoms with van der Waals surface area (Å²) in [6, 6.07) is 11.6. The smallest absolute Gasteiger partial charge is 0.306 e. The summed E-state index contributed by atoms with van der Waals surface area (Å²) in [5, 5.41) is 21.4. The van der Waals surface area contributed by atoms with E-state index in [1.165, 1.54) is 0 Å². The molecule has 5 heteroatoms. The Bertz CT molecular complexity index is 1210. The predicted molar refractivity (Wildman–Crippen MR) is 173 cm³/mol. The van der Waals surface area contributed by atoms with Gasteiger partial charge in [-0.15, -0.1) is 6.58 Å². The molecular weight excluding hydrogens is 522 g/mol. The van der Waals surface area contributed by atoms with Gasteiger partial charge in [-0.05, 0) is 79.3 Å². The number of hydrogen-bond donors (Lipinski definition) is 2. The van der Waals surface area contributed by atoms with Crippen molar-refractivity contribution in [2.75, 3.05) is 6.54 Å². The fraction of sp³-hybridized carbons (Fsp3) is 0.595. The van der Waals surface area contributed by atoms with Crippen LogP contribution < -0.4 is 0 Å². The van der Waals surface area contributed by atoms with Gasteiger partial charge in [0.2, 0.25) is 0 Å². The van der Waals surface area contributed by atoms with Gasteiger partial charge in [-0.25, -0.2) is 0 Å². The highest BCUT2D eigenvalue weighted by molar-refractivity contribution is 5.70. The van der Waals surface area contributed by atoms with Gasteiger partial charge in [0, 0.05) is 42.3 Å². The fourth-order valence-corrected chi connectivity index (χ4v) is 6.95. The van der Waals surface area contributed by atoms with E-state index in [0.29, 0.717) is 6.42 Å². The van der Waals surface area contributed by atoms with Crippen molar-refractivity contribution in [2.24, 2.45) is 0 Å². The van der Waals surface area contributed by atoms with Crippen LogP contribution in [0.25, 0.3) is 0 Å². The molecule has 0 saturated carbocycles. The van der Waals surface area contributed by atoms with Crippen molar-refractivity contribution in [3.63, 3.8) is 0 Å². The molecule has 2 N–H and O–H groups in total. The van der Waals surface area contributed by atoms with Crippen molar-refractivity contribution >= 4 is 5.97 Å². The number of aromatic hydroxyl groups is 2. The normalized spacial score (nSPS) is 18.1. The van der Waals surface area contributed by atoms with E-state index < -0.39 is 5.41 Å².